The third kappa shape index (κ3) is 3.22. The van der Waals surface area contributed by atoms with E-state index >= 15 is 0 Å². The average Bonchev–Trinajstić information content (AvgIpc) is 2.92. The summed E-state index contributed by atoms with van der Waals surface area (Å²) in [5, 5.41) is 2.85. The molecule has 0 unspecified atom stereocenters. The van der Waals surface area contributed by atoms with Crippen molar-refractivity contribution in [2.75, 3.05) is 5.32 Å². The highest BCUT2D eigenvalue weighted by molar-refractivity contribution is 6.54. The number of benzene rings is 3. The highest BCUT2D eigenvalue weighted by atomic mass is 16.5. The first-order chi connectivity index (χ1) is 12.6. The van der Waals surface area contributed by atoms with Crippen molar-refractivity contribution in [1.82, 2.24) is 0 Å². The van der Waals surface area contributed by atoms with Gasteiger partial charge in [0.25, 0.3) is 5.91 Å². The number of nitrogens with zero attached hydrogens (tertiary/aromatic N) is 1. The van der Waals surface area contributed by atoms with Gasteiger partial charge >= 0.3 is 0 Å². The zero-order chi connectivity index (χ0) is 18.1. The fourth-order valence-corrected chi connectivity index (χ4v) is 2.91. The fraction of sp³-hybridized carbons (Fsp3) is 0.0909. The van der Waals surface area contributed by atoms with Gasteiger partial charge in [0.1, 0.15) is 17.2 Å². The standard InChI is InChI=1S/C22H18N2O2/c1-14-4-3-5-18(12-14)26-17-9-7-16(8-10-17)23-21-19-13-15(2)6-11-20(19)24-22(21)25/h3-13H,1-2H3,(H,23,24,25). The molecule has 1 N–H and O–H groups in total. The molecule has 0 spiro atoms. The van der Waals surface area contributed by atoms with Crippen LogP contribution in [-0.4, -0.2) is 11.6 Å². The van der Waals surface area contributed by atoms with Crippen LogP contribution in [0.5, 0.6) is 11.5 Å². The van der Waals surface area contributed by atoms with Crippen LogP contribution in [0.15, 0.2) is 71.7 Å². The van der Waals surface area contributed by atoms with Crippen molar-refractivity contribution in [3.05, 3.63) is 83.4 Å². The van der Waals surface area contributed by atoms with E-state index in [0.29, 0.717) is 11.4 Å². The van der Waals surface area contributed by atoms with Gasteiger partial charge in [-0.15, -0.1) is 0 Å². The number of fused-ring (bicyclic) bond motifs is 1. The van der Waals surface area contributed by atoms with E-state index in [1.807, 2.05) is 80.6 Å². The Hall–Kier alpha value is -3.40. The smallest absolute Gasteiger partial charge is 0.275 e. The Labute approximate surface area is 152 Å². The third-order valence-electron chi connectivity index (χ3n) is 4.20. The zero-order valence-corrected chi connectivity index (χ0v) is 14.6. The van der Waals surface area contributed by atoms with Gasteiger partial charge in [-0.05, 0) is 67.9 Å². The molecular formula is C22H18N2O2. The molecule has 0 aromatic heterocycles. The number of carbonyl (C=O) groups is 1. The maximum Gasteiger partial charge on any atom is 0.275 e. The molecule has 0 bridgehead atoms. The van der Waals surface area contributed by atoms with Gasteiger partial charge in [0.05, 0.1) is 11.4 Å². The molecule has 0 atom stereocenters. The Morgan fingerprint density at radius 2 is 1.62 bits per heavy atom. The Bertz CT molecular complexity index is 1020. The van der Waals surface area contributed by atoms with Crippen LogP contribution in [0.2, 0.25) is 0 Å². The summed E-state index contributed by atoms with van der Waals surface area (Å²) in [6, 6.07) is 21.1. The van der Waals surface area contributed by atoms with Crippen LogP contribution in [0.1, 0.15) is 16.7 Å². The minimum Gasteiger partial charge on any atom is -0.457 e. The largest absolute Gasteiger partial charge is 0.457 e. The summed E-state index contributed by atoms with van der Waals surface area (Å²) in [6.45, 7) is 4.02. The van der Waals surface area contributed by atoms with Crippen LogP contribution in [0, 0.1) is 13.8 Å². The van der Waals surface area contributed by atoms with Crippen LogP contribution in [0.3, 0.4) is 0 Å². The van der Waals surface area contributed by atoms with E-state index in [1.54, 1.807) is 0 Å². The molecule has 0 fully saturated rings. The summed E-state index contributed by atoms with van der Waals surface area (Å²) in [5.74, 6) is 1.35. The molecule has 4 rings (SSSR count). The van der Waals surface area contributed by atoms with Gasteiger partial charge in [-0.3, -0.25) is 4.79 Å². The molecule has 1 amide bonds. The maximum atomic E-state index is 12.2. The van der Waals surface area contributed by atoms with Gasteiger partial charge in [-0.2, -0.15) is 0 Å². The summed E-state index contributed by atoms with van der Waals surface area (Å²) in [7, 11) is 0. The monoisotopic (exact) mass is 342 g/mol. The van der Waals surface area contributed by atoms with Crippen molar-refractivity contribution < 1.29 is 9.53 Å². The molecule has 4 nitrogen and oxygen atoms in total. The SMILES string of the molecule is Cc1cccc(Oc2ccc(N=C3C(=O)Nc4ccc(C)cc43)cc2)c1. The summed E-state index contributed by atoms with van der Waals surface area (Å²) in [5.41, 5.74) is 5.03. The molecule has 0 saturated heterocycles. The van der Waals surface area contributed by atoms with Crippen LogP contribution in [0.4, 0.5) is 11.4 Å². The molecular weight excluding hydrogens is 324 g/mol. The second-order valence-electron chi connectivity index (χ2n) is 6.38. The summed E-state index contributed by atoms with van der Waals surface area (Å²) in [6.07, 6.45) is 0. The van der Waals surface area contributed by atoms with Crippen molar-refractivity contribution >= 4 is 23.0 Å². The van der Waals surface area contributed by atoms with E-state index in [4.69, 9.17) is 4.74 Å². The van der Waals surface area contributed by atoms with Crippen LogP contribution < -0.4 is 10.1 Å². The minimum atomic E-state index is -0.175. The number of carbonyl (C=O) groups excluding carboxylic acids is 1. The number of amides is 1. The molecule has 4 heteroatoms. The molecule has 1 heterocycles. The van der Waals surface area contributed by atoms with Gasteiger partial charge in [0, 0.05) is 5.56 Å². The van der Waals surface area contributed by atoms with Gasteiger partial charge in [-0.1, -0.05) is 23.8 Å². The topological polar surface area (TPSA) is 50.7 Å². The predicted molar refractivity (Wildman–Crippen MR) is 104 cm³/mol. The Morgan fingerprint density at radius 3 is 2.38 bits per heavy atom. The van der Waals surface area contributed by atoms with Gasteiger partial charge in [-0.25, -0.2) is 4.99 Å². The number of hydrogen-bond donors (Lipinski definition) is 1. The molecule has 26 heavy (non-hydrogen) atoms. The Balaban J connectivity index is 1.59. The number of ether oxygens (including phenoxy) is 1. The van der Waals surface area contributed by atoms with E-state index in [0.717, 1.165) is 33.9 Å². The highest BCUT2D eigenvalue weighted by Crippen LogP contribution is 2.28. The van der Waals surface area contributed by atoms with Crippen LogP contribution >= 0.6 is 0 Å². The lowest BCUT2D eigenvalue weighted by Crippen LogP contribution is -2.13. The minimum absolute atomic E-state index is 0.175. The van der Waals surface area contributed by atoms with Crippen molar-refractivity contribution in [3.8, 4) is 11.5 Å². The number of aliphatic imine (C=N–C) groups is 1. The average molecular weight is 342 g/mol. The molecule has 128 valence electrons. The summed E-state index contributed by atoms with van der Waals surface area (Å²) < 4.78 is 5.85. The van der Waals surface area contributed by atoms with Crippen molar-refractivity contribution in [3.63, 3.8) is 0 Å². The van der Waals surface area contributed by atoms with Gasteiger partial charge in [0.2, 0.25) is 0 Å². The summed E-state index contributed by atoms with van der Waals surface area (Å²) in [4.78, 5) is 16.8. The normalized spacial score (nSPS) is 14.2. The van der Waals surface area contributed by atoms with E-state index in [2.05, 4.69) is 10.3 Å². The fourth-order valence-electron chi connectivity index (χ4n) is 2.91. The number of rotatable bonds is 3. The van der Waals surface area contributed by atoms with Crippen molar-refractivity contribution in [1.29, 1.82) is 0 Å². The van der Waals surface area contributed by atoms with Crippen molar-refractivity contribution in [2.45, 2.75) is 13.8 Å². The lowest BCUT2D eigenvalue weighted by Gasteiger charge is -2.06. The molecule has 0 radical (unpaired) electrons. The molecule has 0 saturated carbocycles. The molecule has 3 aromatic carbocycles. The van der Waals surface area contributed by atoms with Gasteiger partial charge in [0.15, 0.2) is 0 Å². The van der Waals surface area contributed by atoms with E-state index in [1.165, 1.54) is 0 Å². The predicted octanol–water partition coefficient (Wildman–Crippen LogP) is 5.17. The number of nitrogens with one attached hydrogen (secondary N) is 1. The third-order valence-corrected chi connectivity index (χ3v) is 4.20. The number of hydrogen-bond acceptors (Lipinski definition) is 3. The first-order valence-corrected chi connectivity index (χ1v) is 8.44. The molecule has 3 aromatic rings. The van der Waals surface area contributed by atoms with E-state index in [-0.39, 0.29) is 5.91 Å². The van der Waals surface area contributed by atoms with Gasteiger partial charge < -0.3 is 10.1 Å². The highest BCUT2D eigenvalue weighted by Gasteiger charge is 2.25. The Morgan fingerprint density at radius 1 is 0.846 bits per heavy atom. The van der Waals surface area contributed by atoms with Crippen LogP contribution in [0.25, 0.3) is 0 Å². The zero-order valence-electron chi connectivity index (χ0n) is 14.6. The van der Waals surface area contributed by atoms with E-state index < -0.39 is 0 Å². The Kier molecular flexibility index (Phi) is 4.01. The summed E-state index contributed by atoms with van der Waals surface area (Å²) >= 11 is 0. The lowest BCUT2D eigenvalue weighted by molar-refractivity contribution is -0.110. The second-order valence-corrected chi connectivity index (χ2v) is 6.38. The second kappa shape index (κ2) is 6.48. The quantitative estimate of drug-likeness (QED) is 0.714. The number of aryl methyl sites for hydroxylation is 2. The number of anilines is 1. The molecule has 0 aliphatic carbocycles. The van der Waals surface area contributed by atoms with Crippen LogP contribution in [-0.2, 0) is 4.79 Å². The maximum absolute atomic E-state index is 12.2. The van der Waals surface area contributed by atoms with Crippen molar-refractivity contribution in [2.24, 2.45) is 4.99 Å². The molecule has 1 aliphatic rings. The lowest BCUT2D eigenvalue weighted by atomic mass is 10.1. The first-order valence-electron chi connectivity index (χ1n) is 8.44. The van der Waals surface area contributed by atoms with E-state index in [9.17, 15) is 4.79 Å². The molecule has 1 aliphatic heterocycles. The first kappa shape index (κ1) is 16.1.